The molecule has 12 heteroatoms. The summed E-state index contributed by atoms with van der Waals surface area (Å²) in [6.45, 7) is 1.90. The van der Waals surface area contributed by atoms with Crippen LogP contribution in [0.1, 0.15) is 43.6 Å². The predicted octanol–water partition coefficient (Wildman–Crippen LogP) is 3.17. The number of aromatic nitrogens is 3. The number of carbonyl (C=O) groups is 2. The number of alkyl halides is 3. The van der Waals surface area contributed by atoms with E-state index in [1.165, 1.54) is 23.0 Å². The van der Waals surface area contributed by atoms with Crippen molar-refractivity contribution in [2.24, 2.45) is 0 Å². The van der Waals surface area contributed by atoms with E-state index in [-0.39, 0.29) is 29.9 Å². The number of nitriles is 1. The van der Waals surface area contributed by atoms with Crippen LogP contribution >= 0.6 is 0 Å². The van der Waals surface area contributed by atoms with Gasteiger partial charge in [-0.05, 0) is 42.3 Å². The van der Waals surface area contributed by atoms with E-state index in [2.05, 4.69) is 20.9 Å². The number of rotatable bonds is 7. The molecule has 2 aromatic carbocycles. The van der Waals surface area contributed by atoms with Gasteiger partial charge >= 0.3 is 6.18 Å². The Morgan fingerprint density at radius 2 is 1.85 bits per heavy atom. The minimum absolute atomic E-state index is 0.0724. The summed E-state index contributed by atoms with van der Waals surface area (Å²) in [6, 6.07) is 8.68. The number of aryl methyl sites for hydroxylation is 1. The van der Waals surface area contributed by atoms with Crippen molar-refractivity contribution in [3.05, 3.63) is 82.4 Å². The molecule has 0 aliphatic heterocycles. The Morgan fingerprint density at radius 1 is 1.15 bits per heavy atom. The number of amides is 2. The zero-order valence-corrected chi connectivity index (χ0v) is 17.7. The van der Waals surface area contributed by atoms with Gasteiger partial charge < -0.3 is 10.6 Å². The van der Waals surface area contributed by atoms with Crippen molar-refractivity contribution in [3.8, 4) is 6.07 Å². The van der Waals surface area contributed by atoms with E-state index in [9.17, 15) is 32.4 Å². The lowest BCUT2D eigenvalue weighted by Gasteiger charge is -2.12. The van der Waals surface area contributed by atoms with Gasteiger partial charge in [0.1, 0.15) is 11.9 Å². The zero-order valence-electron chi connectivity index (χ0n) is 17.7. The lowest BCUT2D eigenvalue weighted by Crippen LogP contribution is -2.28. The maximum Gasteiger partial charge on any atom is 0.416 e. The summed E-state index contributed by atoms with van der Waals surface area (Å²) < 4.78 is 53.2. The fourth-order valence-corrected chi connectivity index (χ4v) is 2.95. The van der Waals surface area contributed by atoms with E-state index in [1.54, 1.807) is 13.0 Å². The average Bonchev–Trinajstić information content (AvgIpc) is 3.26. The van der Waals surface area contributed by atoms with Crippen molar-refractivity contribution in [2.75, 3.05) is 6.54 Å². The van der Waals surface area contributed by atoms with Gasteiger partial charge in [-0.25, -0.2) is 9.07 Å². The minimum atomic E-state index is -4.52. The van der Waals surface area contributed by atoms with Crippen LogP contribution in [0.15, 0.2) is 48.7 Å². The molecule has 3 aromatic rings. The highest BCUT2D eigenvalue weighted by Gasteiger charge is 2.30. The van der Waals surface area contributed by atoms with Crippen LogP contribution < -0.4 is 10.6 Å². The molecule has 176 valence electrons. The number of hydrogen-bond acceptors (Lipinski definition) is 5. The SMILES string of the molecule is Cc1ccc(C(=O)NCCn2cc(C(=O)NC(C#N)c3ccc(C(F)(F)F)cc3)nn2)c(F)c1. The van der Waals surface area contributed by atoms with Crippen LogP contribution in [0, 0.1) is 24.1 Å². The van der Waals surface area contributed by atoms with Crippen LogP contribution in [0.25, 0.3) is 0 Å². The van der Waals surface area contributed by atoms with Gasteiger partial charge in [-0.3, -0.25) is 9.59 Å². The second kappa shape index (κ2) is 10.1. The van der Waals surface area contributed by atoms with Gasteiger partial charge in [0.05, 0.1) is 29.9 Å². The van der Waals surface area contributed by atoms with Crippen molar-refractivity contribution in [1.29, 1.82) is 5.26 Å². The average molecular weight is 474 g/mol. The van der Waals surface area contributed by atoms with E-state index >= 15 is 0 Å². The fourth-order valence-electron chi connectivity index (χ4n) is 2.95. The predicted molar refractivity (Wildman–Crippen MR) is 111 cm³/mol. The van der Waals surface area contributed by atoms with Gasteiger partial charge in [0, 0.05) is 6.54 Å². The summed E-state index contributed by atoms with van der Waals surface area (Å²) in [5, 5.41) is 21.7. The van der Waals surface area contributed by atoms with Crippen LogP contribution in [0.4, 0.5) is 17.6 Å². The van der Waals surface area contributed by atoms with Crippen molar-refractivity contribution < 1.29 is 27.2 Å². The summed E-state index contributed by atoms with van der Waals surface area (Å²) in [7, 11) is 0. The summed E-state index contributed by atoms with van der Waals surface area (Å²) in [5.41, 5.74) is -0.265. The normalized spacial score (nSPS) is 12.0. The Balaban J connectivity index is 1.56. The molecular formula is C22H18F4N6O2. The zero-order chi connectivity index (χ0) is 24.9. The molecule has 2 amide bonds. The standard InChI is InChI=1S/C22H18F4N6O2/c1-13-2-7-16(17(23)10-13)20(33)28-8-9-32-12-19(30-31-32)21(34)29-18(11-27)14-3-5-15(6-4-14)22(24,25)26/h2-7,10,12,18H,8-9H2,1H3,(H,28,33)(H,29,34). The summed E-state index contributed by atoms with van der Waals surface area (Å²) in [4.78, 5) is 24.5. The molecule has 0 aliphatic carbocycles. The van der Waals surface area contributed by atoms with Gasteiger partial charge in [-0.15, -0.1) is 5.10 Å². The quantitative estimate of drug-likeness (QED) is 0.511. The Kier molecular flexibility index (Phi) is 7.25. The molecule has 3 rings (SSSR count). The van der Waals surface area contributed by atoms with Crippen molar-refractivity contribution in [2.45, 2.75) is 25.7 Å². The van der Waals surface area contributed by atoms with Crippen LogP contribution in [0.3, 0.4) is 0 Å². The molecule has 1 unspecified atom stereocenters. The van der Waals surface area contributed by atoms with E-state index in [0.717, 1.165) is 24.3 Å². The summed E-state index contributed by atoms with van der Waals surface area (Å²) in [5.74, 6) is -2.01. The Bertz CT molecular complexity index is 1230. The maximum atomic E-state index is 13.9. The summed E-state index contributed by atoms with van der Waals surface area (Å²) in [6.07, 6.45) is -3.24. The third-order valence-electron chi connectivity index (χ3n) is 4.74. The number of carbonyl (C=O) groups excluding carboxylic acids is 2. The number of nitrogens with one attached hydrogen (secondary N) is 2. The molecular weight excluding hydrogens is 456 g/mol. The Hall–Kier alpha value is -4.27. The molecule has 0 saturated carbocycles. The number of benzene rings is 2. The van der Waals surface area contributed by atoms with E-state index < -0.39 is 35.4 Å². The Labute approximate surface area is 191 Å². The molecule has 1 aromatic heterocycles. The van der Waals surface area contributed by atoms with Crippen molar-refractivity contribution in [3.63, 3.8) is 0 Å². The molecule has 0 radical (unpaired) electrons. The number of nitrogens with zero attached hydrogens (tertiary/aromatic N) is 4. The molecule has 0 aliphatic rings. The molecule has 0 saturated heterocycles. The molecule has 34 heavy (non-hydrogen) atoms. The molecule has 1 heterocycles. The minimum Gasteiger partial charge on any atom is -0.350 e. The molecule has 2 N–H and O–H groups in total. The lowest BCUT2D eigenvalue weighted by molar-refractivity contribution is -0.137. The van der Waals surface area contributed by atoms with Crippen molar-refractivity contribution >= 4 is 11.8 Å². The third kappa shape index (κ3) is 5.94. The first-order chi connectivity index (χ1) is 16.1. The van der Waals surface area contributed by atoms with Gasteiger partial charge in [-0.1, -0.05) is 23.4 Å². The summed E-state index contributed by atoms with van der Waals surface area (Å²) >= 11 is 0. The molecule has 0 spiro atoms. The first kappa shape index (κ1) is 24.4. The highest BCUT2D eigenvalue weighted by Crippen LogP contribution is 2.29. The second-order valence-corrected chi connectivity index (χ2v) is 7.26. The van der Waals surface area contributed by atoms with Crippen molar-refractivity contribution in [1.82, 2.24) is 25.6 Å². The van der Waals surface area contributed by atoms with E-state index in [4.69, 9.17) is 0 Å². The maximum absolute atomic E-state index is 13.9. The van der Waals surface area contributed by atoms with Crippen LogP contribution in [0.5, 0.6) is 0 Å². The molecule has 0 bridgehead atoms. The van der Waals surface area contributed by atoms with E-state index in [0.29, 0.717) is 5.56 Å². The van der Waals surface area contributed by atoms with Gasteiger partial charge in [-0.2, -0.15) is 18.4 Å². The third-order valence-corrected chi connectivity index (χ3v) is 4.74. The molecule has 0 fully saturated rings. The first-order valence-electron chi connectivity index (χ1n) is 9.90. The highest BCUT2D eigenvalue weighted by molar-refractivity contribution is 5.94. The number of hydrogen-bond donors (Lipinski definition) is 2. The van der Waals surface area contributed by atoms with Crippen LogP contribution in [-0.4, -0.2) is 33.4 Å². The lowest BCUT2D eigenvalue weighted by atomic mass is 10.1. The topological polar surface area (TPSA) is 113 Å². The van der Waals surface area contributed by atoms with Crippen LogP contribution in [-0.2, 0) is 12.7 Å². The fraction of sp³-hybridized carbons (Fsp3) is 0.227. The van der Waals surface area contributed by atoms with Gasteiger partial charge in [0.25, 0.3) is 11.8 Å². The largest absolute Gasteiger partial charge is 0.416 e. The van der Waals surface area contributed by atoms with Crippen LogP contribution in [0.2, 0.25) is 0 Å². The molecule has 8 nitrogen and oxygen atoms in total. The second-order valence-electron chi connectivity index (χ2n) is 7.26. The highest BCUT2D eigenvalue weighted by atomic mass is 19.4. The van der Waals surface area contributed by atoms with Gasteiger partial charge in [0.2, 0.25) is 0 Å². The first-order valence-corrected chi connectivity index (χ1v) is 9.90. The monoisotopic (exact) mass is 474 g/mol. The number of halogens is 4. The smallest absolute Gasteiger partial charge is 0.350 e. The van der Waals surface area contributed by atoms with Gasteiger partial charge in [0.15, 0.2) is 5.69 Å². The molecule has 1 atom stereocenters. The van der Waals surface area contributed by atoms with E-state index in [1.807, 2.05) is 6.07 Å². The Morgan fingerprint density at radius 3 is 2.47 bits per heavy atom.